The third-order valence-corrected chi connectivity index (χ3v) is 3.28. The normalized spacial score (nSPS) is 18.5. The summed E-state index contributed by atoms with van der Waals surface area (Å²) < 4.78 is 2.06. The Hall–Kier alpha value is -1.97. The van der Waals surface area contributed by atoms with Crippen LogP contribution in [0, 0.1) is 6.92 Å². The Morgan fingerprint density at radius 1 is 1.47 bits per heavy atom. The minimum atomic E-state index is 0.295. The summed E-state index contributed by atoms with van der Waals surface area (Å²) in [5.41, 5.74) is 9.08. The van der Waals surface area contributed by atoms with Crippen LogP contribution in [0.25, 0.3) is 0 Å². The highest BCUT2D eigenvalue weighted by Gasteiger charge is 2.22. The largest absolute Gasteiger partial charge is 0.399 e. The lowest BCUT2D eigenvalue weighted by Gasteiger charge is -2.26. The predicted octanol–water partition coefficient (Wildman–Crippen LogP) is 2.18. The van der Waals surface area contributed by atoms with Crippen molar-refractivity contribution in [1.29, 1.82) is 0 Å². The van der Waals surface area contributed by atoms with Crippen molar-refractivity contribution in [2.24, 2.45) is 0 Å². The molecule has 0 amide bonds. The first-order valence-corrected chi connectivity index (χ1v) is 5.89. The predicted molar refractivity (Wildman–Crippen MR) is 69.1 cm³/mol. The van der Waals surface area contributed by atoms with E-state index in [0.29, 0.717) is 6.04 Å². The first-order chi connectivity index (χ1) is 8.25. The molecule has 1 aliphatic heterocycles. The van der Waals surface area contributed by atoms with Gasteiger partial charge in [-0.25, -0.2) is 4.68 Å². The number of nitrogens with two attached hydrogens (primary N) is 1. The molecule has 0 saturated heterocycles. The van der Waals surface area contributed by atoms with Crippen LogP contribution in [0.4, 0.5) is 11.5 Å². The van der Waals surface area contributed by atoms with Crippen molar-refractivity contribution in [3.63, 3.8) is 0 Å². The second-order valence-electron chi connectivity index (χ2n) is 4.52. The SMILES string of the molecule is Cc1cnn2c1NCCC2c1cccc(N)c1. The van der Waals surface area contributed by atoms with Crippen molar-refractivity contribution >= 4 is 11.5 Å². The molecule has 2 heterocycles. The van der Waals surface area contributed by atoms with Gasteiger partial charge in [-0.2, -0.15) is 5.10 Å². The summed E-state index contributed by atoms with van der Waals surface area (Å²) in [6, 6.07) is 8.37. The highest BCUT2D eigenvalue weighted by molar-refractivity contribution is 5.48. The van der Waals surface area contributed by atoms with Gasteiger partial charge in [0.05, 0.1) is 12.2 Å². The van der Waals surface area contributed by atoms with E-state index in [2.05, 4.69) is 28.1 Å². The molecule has 0 aliphatic carbocycles. The molecule has 0 bridgehead atoms. The Morgan fingerprint density at radius 3 is 3.18 bits per heavy atom. The number of benzene rings is 1. The highest BCUT2D eigenvalue weighted by atomic mass is 15.4. The number of hydrogen-bond donors (Lipinski definition) is 2. The van der Waals surface area contributed by atoms with Crippen molar-refractivity contribution in [3.05, 3.63) is 41.6 Å². The number of nitrogen functional groups attached to an aromatic ring is 1. The molecule has 0 radical (unpaired) electrons. The molecular formula is C13H16N4. The number of anilines is 2. The number of rotatable bonds is 1. The third kappa shape index (κ3) is 1.65. The average Bonchev–Trinajstić information content (AvgIpc) is 2.71. The molecule has 17 heavy (non-hydrogen) atoms. The van der Waals surface area contributed by atoms with E-state index in [9.17, 15) is 0 Å². The summed E-state index contributed by atoms with van der Waals surface area (Å²) in [6.07, 6.45) is 2.95. The number of nitrogens with zero attached hydrogens (tertiary/aromatic N) is 2. The topological polar surface area (TPSA) is 55.9 Å². The standard InChI is InChI=1S/C13H16N4/c1-9-8-16-17-12(5-6-15-13(9)17)10-3-2-4-11(14)7-10/h2-4,7-8,12,15H,5-6,14H2,1H3. The quantitative estimate of drug-likeness (QED) is 0.735. The van der Waals surface area contributed by atoms with Gasteiger partial charge in [-0.3, -0.25) is 0 Å². The molecule has 1 unspecified atom stereocenters. The lowest BCUT2D eigenvalue weighted by Crippen LogP contribution is -2.24. The summed E-state index contributed by atoms with van der Waals surface area (Å²) in [7, 11) is 0. The Bertz CT molecular complexity index is 544. The van der Waals surface area contributed by atoms with Crippen LogP contribution in [0.2, 0.25) is 0 Å². The Labute approximate surface area is 100 Å². The summed E-state index contributed by atoms with van der Waals surface area (Å²) in [5.74, 6) is 1.13. The van der Waals surface area contributed by atoms with Crippen molar-refractivity contribution < 1.29 is 0 Å². The molecule has 1 aromatic carbocycles. The summed E-state index contributed by atoms with van der Waals surface area (Å²) in [4.78, 5) is 0. The molecule has 4 nitrogen and oxygen atoms in total. The zero-order valence-electron chi connectivity index (χ0n) is 9.85. The molecule has 0 spiro atoms. The monoisotopic (exact) mass is 228 g/mol. The Morgan fingerprint density at radius 2 is 2.35 bits per heavy atom. The van der Waals surface area contributed by atoms with E-state index < -0.39 is 0 Å². The first kappa shape index (κ1) is 10.2. The fourth-order valence-corrected chi connectivity index (χ4v) is 2.43. The zero-order valence-corrected chi connectivity index (χ0v) is 9.85. The van der Waals surface area contributed by atoms with Crippen LogP contribution in [0.1, 0.15) is 23.6 Å². The number of aryl methyl sites for hydroxylation is 1. The van der Waals surface area contributed by atoms with Gasteiger partial charge in [0.15, 0.2) is 0 Å². The van der Waals surface area contributed by atoms with Gasteiger partial charge in [-0.05, 0) is 31.0 Å². The molecule has 0 saturated carbocycles. The minimum absolute atomic E-state index is 0.295. The van der Waals surface area contributed by atoms with Crippen LogP contribution in [-0.4, -0.2) is 16.3 Å². The Kier molecular flexibility index (Phi) is 2.28. The fraction of sp³-hybridized carbons (Fsp3) is 0.308. The number of nitrogens with one attached hydrogen (secondary N) is 1. The molecule has 3 rings (SSSR count). The smallest absolute Gasteiger partial charge is 0.127 e. The molecule has 0 fully saturated rings. The molecule has 4 heteroatoms. The lowest BCUT2D eigenvalue weighted by molar-refractivity contribution is 0.482. The van der Waals surface area contributed by atoms with Gasteiger partial charge in [-0.15, -0.1) is 0 Å². The van der Waals surface area contributed by atoms with E-state index in [4.69, 9.17) is 5.73 Å². The average molecular weight is 228 g/mol. The number of aromatic nitrogens is 2. The van der Waals surface area contributed by atoms with Crippen LogP contribution in [-0.2, 0) is 0 Å². The maximum Gasteiger partial charge on any atom is 0.127 e. The number of fused-ring (bicyclic) bond motifs is 1. The fourth-order valence-electron chi connectivity index (χ4n) is 2.43. The maximum atomic E-state index is 5.85. The zero-order chi connectivity index (χ0) is 11.8. The van der Waals surface area contributed by atoms with Crippen molar-refractivity contribution in [2.45, 2.75) is 19.4 Å². The van der Waals surface area contributed by atoms with E-state index >= 15 is 0 Å². The van der Waals surface area contributed by atoms with Crippen LogP contribution in [0.15, 0.2) is 30.5 Å². The van der Waals surface area contributed by atoms with Crippen molar-refractivity contribution in [2.75, 3.05) is 17.6 Å². The van der Waals surface area contributed by atoms with Gasteiger partial charge in [0, 0.05) is 17.8 Å². The summed E-state index contributed by atoms with van der Waals surface area (Å²) >= 11 is 0. The van der Waals surface area contributed by atoms with Crippen LogP contribution < -0.4 is 11.1 Å². The van der Waals surface area contributed by atoms with Gasteiger partial charge in [0.25, 0.3) is 0 Å². The third-order valence-electron chi connectivity index (χ3n) is 3.28. The van der Waals surface area contributed by atoms with E-state index in [1.807, 2.05) is 24.4 Å². The second-order valence-corrected chi connectivity index (χ2v) is 4.52. The molecule has 2 aromatic rings. The van der Waals surface area contributed by atoms with Crippen molar-refractivity contribution in [1.82, 2.24) is 9.78 Å². The maximum absolute atomic E-state index is 5.85. The number of hydrogen-bond acceptors (Lipinski definition) is 3. The van der Waals surface area contributed by atoms with E-state index in [1.54, 1.807) is 0 Å². The highest BCUT2D eigenvalue weighted by Crippen LogP contribution is 2.31. The van der Waals surface area contributed by atoms with Crippen molar-refractivity contribution in [3.8, 4) is 0 Å². The van der Waals surface area contributed by atoms with Crippen LogP contribution >= 0.6 is 0 Å². The van der Waals surface area contributed by atoms with Gasteiger partial charge < -0.3 is 11.1 Å². The van der Waals surface area contributed by atoms with Crippen LogP contribution in [0.3, 0.4) is 0 Å². The molecule has 1 atom stereocenters. The van der Waals surface area contributed by atoms with Gasteiger partial charge in [-0.1, -0.05) is 12.1 Å². The van der Waals surface area contributed by atoms with E-state index in [0.717, 1.165) is 24.5 Å². The summed E-state index contributed by atoms with van der Waals surface area (Å²) in [5, 5.41) is 7.85. The molecule has 88 valence electrons. The first-order valence-electron chi connectivity index (χ1n) is 5.89. The van der Waals surface area contributed by atoms with Gasteiger partial charge in [0.2, 0.25) is 0 Å². The molecule has 3 N–H and O–H groups in total. The lowest BCUT2D eigenvalue weighted by atomic mass is 10.0. The molecule has 1 aliphatic rings. The summed E-state index contributed by atoms with van der Waals surface area (Å²) in [6.45, 7) is 3.06. The van der Waals surface area contributed by atoms with Crippen LogP contribution in [0.5, 0.6) is 0 Å². The molecular weight excluding hydrogens is 212 g/mol. The van der Waals surface area contributed by atoms with Gasteiger partial charge >= 0.3 is 0 Å². The minimum Gasteiger partial charge on any atom is -0.399 e. The van der Waals surface area contributed by atoms with Gasteiger partial charge in [0.1, 0.15) is 5.82 Å². The van der Waals surface area contributed by atoms with E-state index in [1.165, 1.54) is 11.1 Å². The molecule has 1 aromatic heterocycles. The van der Waals surface area contributed by atoms with E-state index in [-0.39, 0.29) is 0 Å². The Balaban J connectivity index is 2.06. The second kappa shape index (κ2) is 3.80.